The van der Waals surface area contributed by atoms with Crippen LogP contribution in [0.5, 0.6) is 5.75 Å². The van der Waals surface area contributed by atoms with Gasteiger partial charge in [-0.1, -0.05) is 17.7 Å². The largest absolute Gasteiger partial charge is 0.573 e. The summed E-state index contributed by atoms with van der Waals surface area (Å²) in [6, 6.07) is 10.6. The molecule has 0 radical (unpaired) electrons. The summed E-state index contributed by atoms with van der Waals surface area (Å²) in [5.74, 6) is -0.299. The van der Waals surface area contributed by atoms with Crippen molar-refractivity contribution in [2.75, 3.05) is 10.6 Å². The second kappa shape index (κ2) is 7.06. The topological polar surface area (TPSA) is 33.3 Å². The average Bonchev–Trinajstić information content (AvgIpc) is 2.43. The Morgan fingerprint density at radius 2 is 1.61 bits per heavy atom. The summed E-state index contributed by atoms with van der Waals surface area (Å²) in [5, 5.41) is 6.68. The van der Waals surface area contributed by atoms with Crippen LogP contribution >= 0.6 is 23.8 Å². The lowest BCUT2D eigenvalue weighted by molar-refractivity contribution is -0.274. The first kappa shape index (κ1) is 17.4. The molecule has 0 aliphatic heterocycles. The van der Waals surface area contributed by atoms with Crippen molar-refractivity contribution >= 4 is 40.3 Å². The standard InChI is InChI=1S/C15H12ClF3N2OS/c1-9-2-3-11(8-13(9)16)21-14(23)20-10-4-6-12(7-5-10)22-15(17,18)19/h2-8H,1H3,(H2,20,21,23). The molecule has 0 amide bonds. The second-order valence-corrected chi connectivity index (χ2v) is 5.43. The van der Waals surface area contributed by atoms with E-state index in [0.29, 0.717) is 16.4 Å². The number of anilines is 2. The zero-order chi connectivity index (χ0) is 17.0. The van der Waals surface area contributed by atoms with Gasteiger partial charge in [-0.05, 0) is 61.1 Å². The van der Waals surface area contributed by atoms with Crippen LogP contribution in [-0.2, 0) is 0 Å². The number of benzene rings is 2. The van der Waals surface area contributed by atoms with E-state index in [4.69, 9.17) is 23.8 Å². The Morgan fingerprint density at radius 1 is 1.04 bits per heavy atom. The van der Waals surface area contributed by atoms with Gasteiger partial charge >= 0.3 is 6.36 Å². The fourth-order valence-electron chi connectivity index (χ4n) is 1.70. The van der Waals surface area contributed by atoms with Crippen LogP contribution in [0.25, 0.3) is 0 Å². The molecule has 0 fully saturated rings. The van der Waals surface area contributed by atoms with E-state index in [0.717, 1.165) is 5.56 Å². The Kier molecular flexibility index (Phi) is 5.33. The minimum Gasteiger partial charge on any atom is -0.406 e. The molecule has 3 nitrogen and oxygen atoms in total. The van der Waals surface area contributed by atoms with Gasteiger partial charge in [0.05, 0.1) is 0 Å². The number of alkyl halides is 3. The maximum Gasteiger partial charge on any atom is 0.573 e. The molecule has 0 saturated carbocycles. The van der Waals surface area contributed by atoms with Crippen LogP contribution < -0.4 is 15.4 Å². The number of hydrogen-bond donors (Lipinski definition) is 2. The predicted molar refractivity (Wildman–Crippen MR) is 89.2 cm³/mol. The third kappa shape index (κ3) is 5.61. The number of nitrogens with one attached hydrogen (secondary N) is 2. The fraction of sp³-hybridized carbons (Fsp3) is 0.133. The number of halogens is 4. The highest BCUT2D eigenvalue weighted by Gasteiger charge is 2.30. The number of aryl methyl sites for hydroxylation is 1. The first-order valence-electron chi connectivity index (χ1n) is 6.43. The molecule has 0 bridgehead atoms. The minimum atomic E-state index is -4.71. The van der Waals surface area contributed by atoms with E-state index in [1.54, 1.807) is 6.07 Å². The fourth-order valence-corrected chi connectivity index (χ4v) is 2.12. The van der Waals surface area contributed by atoms with E-state index in [-0.39, 0.29) is 10.9 Å². The van der Waals surface area contributed by atoms with Crippen LogP contribution in [-0.4, -0.2) is 11.5 Å². The zero-order valence-corrected chi connectivity index (χ0v) is 13.4. The van der Waals surface area contributed by atoms with Gasteiger partial charge in [0, 0.05) is 16.4 Å². The van der Waals surface area contributed by atoms with Crippen molar-refractivity contribution in [1.82, 2.24) is 0 Å². The molecule has 2 aromatic rings. The smallest absolute Gasteiger partial charge is 0.406 e. The molecule has 2 aromatic carbocycles. The summed E-state index contributed by atoms with van der Waals surface area (Å²) < 4.78 is 40.0. The van der Waals surface area contributed by atoms with Crippen LogP contribution in [0.15, 0.2) is 42.5 Å². The summed E-state index contributed by atoms with van der Waals surface area (Å²) in [6.07, 6.45) is -4.71. The molecule has 8 heteroatoms. The van der Waals surface area contributed by atoms with Gasteiger partial charge in [0.1, 0.15) is 5.75 Å². The van der Waals surface area contributed by atoms with Crippen LogP contribution in [0.4, 0.5) is 24.5 Å². The van der Waals surface area contributed by atoms with Gasteiger partial charge < -0.3 is 15.4 Å². The maximum absolute atomic E-state index is 12.1. The normalized spacial score (nSPS) is 11.0. The molecular formula is C15H12ClF3N2OS. The molecule has 0 aromatic heterocycles. The van der Waals surface area contributed by atoms with E-state index >= 15 is 0 Å². The minimum absolute atomic E-state index is 0.286. The van der Waals surface area contributed by atoms with Crippen molar-refractivity contribution in [3.8, 4) is 5.75 Å². The van der Waals surface area contributed by atoms with Gasteiger partial charge in [-0.25, -0.2) is 0 Å². The quantitative estimate of drug-likeness (QED) is 0.722. The Bertz CT molecular complexity index is 705. The number of rotatable bonds is 3. The SMILES string of the molecule is Cc1ccc(NC(=S)Nc2ccc(OC(F)(F)F)cc2)cc1Cl. The highest BCUT2D eigenvalue weighted by Crippen LogP contribution is 2.24. The van der Waals surface area contributed by atoms with E-state index in [9.17, 15) is 13.2 Å². The van der Waals surface area contributed by atoms with Gasteiger partial charge in [0.25, 0.3) is 0 Å². The summed E-state index contributed by atoms with van der Waals surface area (Å²) in [4.78, 5) is 0. The first-order valence-corrected chi connectivity index (χ1v) is 7.21. The lowest BCUT2D eigenvalue weighted by Gasteiger charge is -2.12. The lowest BCUT2D eigenvalue weighted by Crippen LogP contribution is -2.19. The molecule has 0 heterocycles. The van der Waals surface area contributed by atoms with Crippen LogP contribution in [0.3, 0.4) is 0 Å². The zero-order valence-electron chi connectivity index (χ0n) is 11.9. The van der Waals surface area contributed by atoms with Crippen LogP contribution in [0, 0.1) is 6.92 Å². The van der Waals surface area contributed by atoms with E-state index in [1.165, 1.54) is 24.3 Å². The first-order chi connectivity index (χ1) is 10.7. The van der Waals surface area contributed by atoms with Crippen LogP contribution in [0.1, 0.15) is 5.56 Å². The molecule has 2 rings (SSSR count). The summed E-state index contributed by atoms with van der Waals surface area (Å²) in [6.45, 7) is 1.88. The Balaban J connectivity index is 1.96. The van der Waals surface area contributed by atoms with E-state index in [1.807, 2.05) is 19.1 Å². The number of ether oxygens (including phenoxy) is 1. The Hall–Kier alpha value is -1.99. The van der Waals surface area contributed by atoms with Crippen molar-refractivity contribution in [1.29, 1.82) is 0 Å². The Morgan fingerprint density at radius 3 is 2.17 bits per heavy atom. The molecule has 122 valence electrons. The monoisotopic (exact) mass is 360 g/mol. The van der Waals surface area contributed by atoms with Gasteiger partial charge in [0.2, 0.25) is 0 Å². The predicted octanol–water partition coefficient (Wildman–Crippen LogP) is 5.36. The lowest BCUT2D eigenvalue weighted by atomic mass is 10.2. The third-order valence-electron chi connectivity index (χ3n) is 2.78. The summed E-state index contributed by atoms with van der Waals surface area (Å²) in [7, 11) is 0. The van der Waals surface area contributed by atoms with Gasteiger partial charge in [0.15, 0.2) is 5.11 Å². The molecule has 23 heavy (non-hydrogen) atoms. The van der Waals surface area contributed by atoms with Crippen molar-refractivity contribution in [3.63, 3.8) is 0 Å². The highest BCUT2D eigenvalue weighted by atomic mass is 35.5. The molecular weight excluding hydrogens is 349 g/mol. The second-order valence-electron chi connectivity index (χ2n) is 4.62. The number of thiocarbonyl (C=S) groups is 1. The van der Waals surface area contributed by atoms with Crippen molar-refractivity contribution in [3.05, 3.63) is 53.1 Å². The van der Waals surface area contributed by atoms with Gasteiger partial charge in [-0.15, -0.1) is 13.2 Å². The molecule has 0 aliphatic carbocycles. The summed E-state index contributed by atoms with van der Waals surface area (Å²) in [5.41, 5.74) is 2.17. The average molecular weight is 361 g/mol. The van der Waals surface area contributed by atoms with E-state index < -0.39 is 6.36 Å². The molecule has 0 spiro atoms. The maximum atomic E-state index is 12.1. The van der Waals surface area contributed by atoms with Crippen molar-refractivity contribution < 1.29 is 17.9 Å². The van der Waals surface area contributed by atoms with Crippen LogP contribution in [0.2, 0.25) is 5.02 Å². The van der Waals surface area contributed by atoms with E-state index in [2.05, 4.69) is 15.4 Å². The molecule has 0 atom stereocenters. The molecule has 0 aliphatic rings. The highest BCUT2D eigenvalue weighted by molar-refractivity contribution is 7.80. The number of hydrogen-bond acceptors (Lipinski definition) is 2. The Labute approximate surface area is 141 Å². The summed E-state index contributed by atoms with van der Waals surface area (Å²) >= 11 is 11.2. The molecule has 0 saturated heterocycles. The molecule has 0 unspecified atom stereocenters. The van der Waals surface area contributed by atoms with Gasteiger partial charge in [-0.3, -0.25) is 0 Å². The van der Waals surface area contributed by atoms with Gasteiger partial charge in [-0.2, -0.15) is 0 Å². The van der Waals surface area contributed by atoms with Crippen molar-refractivity contribution in [2.24, 2.45) is 0 Å². The third-order valence-corrected chi connectivity index (χ3v) is 3.39. The molecule has 2 N–H and O–H groups in total. The van der Waals surface area contributed by atoms with Crippen molar-refractivity contribution in [2.45, 2.75) is 13.3 Å².